The number of ether oxygens (including phenoxy) is 1. The maximum absolute atomic E-state index is 9.96. The van der Waals surface area contributed by atoms with Crippen molar-refractivity contribution >= 4 is 0 Å². The van der Waals surface area contributed by atoms with Crippen molar-refractivity contribution in [1.29, 1.82) is 0 Å². The molecule has 3 rings (SSSR count). The first-order valence-electron chi connectivity index (χ1n) is 6.97. The summed E-state index contributed by atoms with van der Waals surface area (Å²) in [6, 6.07) is 7.52. The highest BCUT2D eigenvalue weighted by Crippen LogP contribution is 2.23. The van der Waals surface area contributed by atoms with Crippen LogP contribution in [0, 0.1) is 0 Å². The van der Waals surface area contributed by atoms with E-state index in [4.69, 9.17) is 9.26 Å². The smallest absolute Gasteiger partial charge is 0.241 e. The molecule has 0 spiro atoms. The van der Waals surface area contributed by atoms with Crippen LogP contribution in [0.2, 0.25) is 0 Å². The molecular formula is C15H19N3O3. The van der Waals surface area contributed by atoms with Crippen LogP contribution in [0.4, 0.5) is 0 Å². The summed E-state index contributed by atoms with van der Waals surface area (Å²) in [4.78, 5) is 6.52. The summed E-state index contributed by atoms with van der Waals surface area (Å²) in [5, 5.41) is 14.0. The Morgan fingerprint density at radius 2 is 2.14 bits per heavy atom. The number of β-amino-alcohol motifs (C(OH)–C–C–N with tert-alkyl or cyclic N) is 1. The van der Waals surface area contributed by atoms with Gasteiger partial charge in [0.15, 0.2) is 0 Å². The molecule has 1 aliphatic rings. The van der Waals surface area contributed by atoms with Crippen LogP contribution in [0.1, 0.15) is 19.2 Å². The van der Waals surface area contributed by atoms with Gasteiger partial charge in [-0.3, -0.25) is 4.90 Å². The van der Waals surface area contributed by atoms with Gasteiger partial charge >= 0.3 is 0 Å². The molecule has 1 N–H and O–H groups in total. The number of aromatic nitrogens is 2. The van der Waals surface area contributed by atoms with Crippen LogP contribution in [0.15, 0.2) is 28.8 Å². The molecule has 0 bridgehead atoms. The molecule has 1 atom stereocenters. The van der Waals surface area contributed by atoms with Crippen LogP contribution < -0.4 is 4.74 Å². The Bertz CT molecular complexity index is 607. The first kappa shape index (κ1) is 14.0. The first-order valence-corrected chi connectivity index (χ1v) is 6.97. The topological polar surface area (TPSA) is 71.6 Å². The Labute approximate surface area is 123 Å². The summed E-state index contributed by atoms with van der Waals surface area (Å²) in [5.74, 6) is 1.93. The standard InChI is InChI=1S/C15H19N3O3/c1-15(19)7-8-18(10-15)9-13-16-14(17-21-13)11-3-5-12(20-2)6-4-11/h3-6,19H,7-10H2,1-2H3. The Balaban J connectivity index is 1.68. The average Bonchev–Trinajstić information content (AvgIpc) is 3.06. The molecule has 6 nitrogen and oxygen atoms in total. The van der Waals surface area contributed by atoms with E-state index < -0.39 is 5.60 Å². The zero-order valence-corrected chi connectivity index (χ0v) is 12.2. The van der Waals surface area contributed by atoms with Crippen LogP contribution >= 0.6 is 0 Å². The van der Waals surface area contributed by atoms with Crippen molar-refractivity contribution in [2.45, 2.75) is 25.5 Å². The first-order chi connectivity index (χ1) is 10.1. The van der Waals surface area contributed by atoms with Gasteiger partial charge in [-0.1, -0.05) is 5.16 Å². The molecule has 0 saturated carbocycles. The van der Waals surface area contributed by atoms with E-state index in [1.54, 1.807) is 7.11 Å². The fourth-order valence-electron chi connectivity index (χ4n) is 2.54. The van der Waals surface area contributed by atoms with Gasteiger partial charge in [0.2, 0.25) is 11.7 Å². The second-order valence-electron chi connectivity index (χ2n) is 5.70. The summed E-state index contributed by atoms with van der Waals surface area (Å²) in [5.41, 5.74) is 0.276. The third-order valence-corrected chi connectivity index (χ3v) is 3.71. The average molecular weight is 289 g/mol. The van der Waals surface area contributed by atoms with Crippen LogP contribution in [-0.4, -0.2) is 45.9 Å². The Morgan fingerprint density at radius 1 is 1.38 bits per heavy atom. The molecule has 2 aromatic rings. The third kappa shape index (κ3) is 3.22. The zero-order valence-electron chi connectivity index (χ0n) is 12.2. The molecule has 1 saturated heterocycles. The fourth-order valence-corrected chi connectivity index (χ4v) is 2.54. The van der Waals surface area contributed by atoms with E-state index in [1.807, 2.05) is 31.2 Å². The minimum atomic E-state index is -0.612. The van der Waals surface area contributed by atoms with Gasteiger partial charge in [-0.05, 0) is 37.6 Å². The molecular weight excluding hydrogens is 270 g/mol. The molecule has 21 heavy (non-hydrogen) atoms. The minimum absolute atomic E-state index is 0.568. The molecule has 1 unspecified atom stereocenters. The summed E-state index contributed by atoms with van der Waals surface area (Å²) in [6.45, 7) is 3.89. The lowest BCUT2D eigenvalue weighted by Crippen LogP contribution is -2.29. The minimum Gasteiger partial charge on any atom is -0.497 e. The largest absolute Gasteiger partial charge is 0.497 e. The van der Waals surface area contributed by atoms with Crippen molar-refractivity contribution in [3.8, 4) is 17.1 Å². The molecule has 1 fully saturated rings. The number of nitrogens with zero attached hydrogens (tertiary/aromatic N) is 3. The van der Waals surface area contributed by atoms with Crippen LogP contribution in [0.25, 0.3) is 11.4 Å². The van der Waals surface area contributed by atoms with Gasteiger partial charge in [0.25, 0.3) is 0 Å². The van der Waals surface area contributed by atoms with Crippen molar-refractivity contribution < 1.29 is 14.4 Å². The van der Waals surface area contributed by atoms with E-state index in [9.17, 15) is 5.11 Å². The van der Waals surface area contributed by atoms with Gasteiger partial charge in [0.1, 0.15) is 5.75 Å². The van der Waals surface area contributed by atoms with E-state index >= 15 is 0 Å². The summed E-state index contributed by atoms with van der Waals surface area (Å²) in [6.07, 6.45) is 0.770. The molecule has 1 aliphatic heterocycles. The van der Waals surface area contributed by atoms with Gasteiger partial charge in [-0.25, -0.2) is 0 Å². The highest BCUT2D eigenvalue weighted by Gasteiger charge is 2.32. The lowest BCUT2D eigenvalue weighted by atomic mass is 10.1. The van der Waals surface area contributed by atoms with Gasteiger partial charge in [-0.2, -0.15) is 4.98 Å². The molecule has 112 valence electrons. The molecule has 6 heteroatoms. The second-order valence-corrected chi connectivity index (χ2v) is 5.70. The van der Waals surface area contributed by atoms with Crippen molar-refractivity contribution in [2.75, 3.05) is 20.2 Å². The molecule has 0 amide bonds. The predicted octanol–water partition coefficient (Wildman–Crippen LogP) is 1.70. The summed E-state index contributed by atoms with van der Waals surface area (Å²) >= 11 is 0. The highest BCUT2D eigenvalue weighted by atomic mass is 16.5. The molecule has 1 aromatic heterocycles. The van der Waals surface area contributed by atoms with Crippen molar-refractivity contribution in [3.63, 3.8) is 0 Å². The molecule has 0 radical (unpaired) electrons. The summed E-state index contributed by atoms with van der Waals surface area (Å²) in [7, 11) is 1.63. The third-order valence-electron chi connectivity index (χ3n) is 3.71. The van der Waals surface area contributed by atoms with Gasteiger partial charge < -0.3 is 14.4 Å². The number of likely N-dealkylation sites (tertiary alicyclic amines) is 1. The van der Waals surface area contributed by atoms with E-state index in [-0.39, 0.29) is 0 Å². The Morgan fingerprint density at radius 3 is 2.76 bits per heavy atom. The molecule has 1 aromatic carbocycles. The lowest BCUT2D eigenvalue weighted by molar-refractivity contribution is 0.0665. The monoisotopic (exact) mass is 289 g/mol. The maximum atomic E-state index is 9.96. The number of hydrogen-bond acceptors (Lipinski definition) is 6. The number of aliphatic hydroxyl groups is 1. The number of methoxy groups -OCH3 is 1. The number of hydrogen-bond donors (Lipinski definition) is 1. The van der Waals surface area contributed by atoms with E-state index in [2.05, 4.69) is 15.0 Å². The fraction of sp³-hybridized carbons (Fsp3) is 0.467. The molecule has 2 heterocycles. The zero-order chi connectivity index (χ0) is 14.9. The van der Waals surface area contributed by atoms with Gasteiger partial charge in [0.05, 0.1) is 19.3 Å². The lowest BCUT2D eigenvalue weighted by Gasteiger charge is -2.16. The molecule has 0 aliphatic carbocycles. The van der Waals surface area contributed by atoms with Crippen LogP contribution in [0.3, 0.4) is 0 Å². The number of benzene rings is 1. The van der Waals surface area contributed by atoms with Gasteiger partial charge in [0, 0.05) is 18.7 Å². The summed E-state index contributed by atoms with van der Waals surface area (Å²) < 4.78 is 10.4. The quantitative estimate of drug-likeness (QED) is 0.923. The van der Waals surface area contributed by atoms with Gasteiger partial charge in [-0.15, -0.1) is 0 Å². The SMILES string of the molecule is COc1ccc(-c2noc(CN3CCC(C)(O)C3)n2)cc1. The van der Waals surface area contributed by atoms with E-state index in [0.29, 0.717) is 24.8 Å². The highest BCUT2D eigenvalue weighted by molar-refractivity contribution is 5.55. The van der Waals surface area contributed by atoms with Crippen molar-refractivity contribution in [2.24, 2.45) is 0 Å². The van der Waals surface area contributed by atoms with Crippen molar-refractivity contribution in [3.05, 3.63) is 30.2 Å². The van der Waals surface area contributed by atoms with Crippen LogP contribution in [-0.2, 0) is 6.54 Å². The Kier molecular flexibility index (Phi) is 3.65. The second kappa shape index (κ2) is 5.46. The normalized spacial score (nSPS) is 22.6. The Hall–Kier alpha value is -1.92. The van der Waals surface area contributed by atoms with E-state index in [0.717, 1.165) is 24.3 Å². The van der Waals surface area contributed by atoms with Crippen molar-refractivity contribution in [1.82, 2.24) is 15.0 Å². The van der Waals surface area contributed by atoms with Crippen LogP contribution in [0.5, 0.6) is 5.75 Å². The maximum Gasteiger partial charge on any atom is 0.241 e. The predicted molar refractivity (Wildman–Crippen MR) is 76.8 cm³/mol. The van der Waals surface area contributed by atoms with E-state index in [1.165, 1.54) is 0 Å². The number of rotatable bonds is 4.